The van der Waals surface area contributed by atoms with Gasteiger partial charge in [-0.3, -0.25) is 5.84 Å². The topological polar surface area (TPSA) is 38.0 Å². The normalized spacial score (nSPS) is 18.7. The van der Waals surface area contributed by atoms with Gasteiger partial charge in [0.05, 0.1) is 9.83 Å². The van der Waals surface area contributed by atoms with E-state index < -0.39 is 0 Å². The fourth-order valence-corrected chi connectivity index (χ4v) is 3.22. The van der Waals surface area contributed by atoms with Crippen molar-refractivity contribution < 1.29 is 0 Å². The molecule has 1 unspecified atom stereocenters. The van der Waals surface area contributed by atoms with Gasteiger partial charge >= 0.3 is 0 Å². The summed E-state index contributed by atoms with van der Waals surface area (Å²) in [4.78, 5) is 0. The Morgan fingerprint density at radius 2 is 2.33 bits per heavy atom. The number of halogens is 1. The summed E-state index contributed by atoms with van der Waals surface area (Å²) >= 11 is 5.19. The standard InChI is InChI=1S/C11H15BrN2S/c12-10-6-9(7-15-10)11(14-13)8-4-2-1-3-5-8/h4,6-7,11,14H,1-3,5,13H2. The Kier molecular flexibility index (Phi) is 3.97. The fraction of sp³-hybridized carbons (Fsp3) is 0.455. The predicted octanol–water partition coefficient (Wildman–Crippen LogP) is 3.52. The van der Waals surface area contributed by atoms with Gasteiger partial charge in [0, 0.05) is 0 Å². The number of hydrogen-bond acceptors (Lipinski definition) is 3. The smallest absolute Gasteiger partial charge is 0.0701 e. The van der Waals surface area contributed by atoms with Gasteiger partial charge in [0.2, 0.25) is 0 Å². The molecule has 0 saturated heterocycles. The molecule has 0 spiro atoms. The van der Waals surface area contributed by atoms with Crippen molar-refractivity contribution in [3.8, 4) is 0 Å². The van der Waals surface area contributed by atoms with Gasteiger partial charge in [-0.05, 0) is 58.6 Å². The van der Waals surface area contributed by atoms with Crippen molar-refractivity contribution in [3.05, 3.63) is 32.4 Å². The highest BCUT2D eigenvalue weighted by Gasteiger charge is 2.17. The predicted molar refractivity (Wildman–Crippen MR) is 68.6 cm³/mol. The highest BCUT2D eigenvalue weighted by molar-refractivity contribution is 9.11. The minimum Gasteiger partial charge on any atom is -0.271 e. The molecule has 0 aliphatic heterocycles. The first kappa shape index (κ1) is 11.3. The van der Waals surface area contributed by atoms with Gasteiger partial charge in [-0.25, -0.2) is 5.43 Å². The Bertz CT molecular complexity index is 359. The van der Waals surface area contributed by atoms with E-state index >= 15 is 0 Å². The van der Waals surface area contributed by atoms with Crippen LogP contribution in [-0.4, -0.2) is 0 Å². The number of rotatable bonds is 3. The van der Waals surface area contributed by atoms with E-state index in [0.29, 0.717) is 0 Å². The molecule has 1 aromatic rings. The first-order chi connectivity index (χ1) is 7.31. The monoisotopic (exact) mass is 286 g/mol. The van der Waals surface area contributed by atoms with Crippen LogP contribution in [0.1, 0.15) is 37.3 Å². The van der Waals surface area contributed by atoms with E-state index in [1.165, 1.54) is 36.8 Å². The van der Waals surface area contributed by atoms with Crippen LogP contribution in [0, 0.1) is 0 Å². The molecule has 0 fully saturated rings. The van der Waals surface area contributed by atoms with Gasteiger partial charge in [-0.2, -0.15) is 0 Å². The average molecular weight is 287 g/mol. The van der Waals surface area contributed by atoms with Gasteiger partial charge in [-0.1, -0.05) is 11.6 Å². The molecular formula is C11H15BrN2S. The van der Waals surface area contributed by atoms with Crippen LogP contribution in [-0.2, 0) is 0 Å². The number of thiophene rings is 1. The van der Waals surface area contributed by atoms with Crippen molar-refractivity contribution in [2.24, 2.45) is 5.84 Å². The Balaban J connectivity index is 2.19. The Labute approximate surface area is 103 Å². The molecule has 15 heavy (non-hydrogen) atoms. The van der Waals surface area contributed by atoms with Crippen molar-refractivity contribution in [1.82, 2.24) is 5.43 Å². The summed E-state index contributed by atoms with van der Waals surface area (Å²) in [7, 11) is 0. The third-order valence-corrected chi connectivity index (χ3v) is 4.31. The van der Waals surface area contributed by atoms with E-state index in [1.807, 2.05) is 0 Å². The van der Waals surface area contributed by atoms with E-state index in [2.05, 4.69) is 38.9 Å². The average Bonchev–Trinajstić information content (AvgIpc) is 2.68. The van der Waals surface area contributed by atoms with Crippen LogP contribution in [0.4, 0.5) is 0 Å². The van der Waals surface area contributed by atoms with E-state index in [1.54, 1.807) is 11.3 Å². The molecule has 0 amide bonds. The quantitative estimate of drug-likeness (QED) is 0.507. The van der Waals surface area contributed by atoms with E-state index in [4.69, 9.17) is 5.84 Å². The zero-order valence-corrected chi connectivity index (χ0v) is 10.9. The van der Waals surface area contributed by atoms with Gasteiger partial charge < -0.3 is 0 Å². The van der Waals surface area contributed by atoms with Gasteiger partial charge in [-0.15, -0.1) is 11.3 Å². The van der Waals surface area contributed by atoms with Crippen molar-refractivity contribution in [2.75, 3.05) is 0 Å². The fourth-order valence-electron chi connectivity index (χ4n) is 2.02. The largest absolute Gasteiger partial charge is 0.271 e. The first-order valence-electron chi connectivity index (χ1n) is 5.20. The van der Waals surface area contributed by atoms with Crippen LogP contribution >= 0.6 is 27.3 Å². The summed E-state index contributed by atoms with van der Waals surface area (Å²) < 4.78 is 1.16. The Morgan fingerprint density at radius 3 is 2.87 bits per heavy atom. The lowest BCUT2D eigenvalue weighted by Crippen LogP contribution is -2.29. The first-order valence-corrected chi connectivity index (χ1v) is 6.87. The maximum absolute atomic E-state index is 5.64. The third kappa shape index (κ3) is 2.69. The second kappa shape index (κ2) is 5.25. The number of nitrogens with two attached hydrogens (primary N) is 1. The van der Waals surface area contributed by atoms with Crippen molar-refractivity contribution in [3.63, 3.8) is 0 Å². The van der Waals surface area contributed by atoms with Crippen molar-refractivity contribution >= 4 is 27.3 Å². The molecule has 1 aromatic heterocycles. The van der Waals surface area contributed by atoms with Crippen LogP contribution in [0.5, 0.6) is 0 Å². The van der Waals surface area contributed by atoms with Crippen LogP contribution in [0.3, 0.4) is 0 Å². The zero-order chi connectivity index (χ0) is 10.7. The lowest BCUT2D eigenvalue weighted by molar-refractivity contribution is 0.567. The van der Waals surface area contributed by atoms with Crippen LogP contribution < -0.4 is 11.3 Å². The molecule has 1 aliphatic carbocycles. The highest BCUT2D eigenvalue weighted by Crippen LogP contribution is 2.33. The van der Waals surface area contributed by atoms with E-state index in [0.717, 1.165) is 3.79 Å². The molecule has 1 aliphatic rings. The minimum absolute atomic E-state index is 0.202. The summed E-state index contributed by atoms with van der Waals surface area (Å²) in [5, 5.41) is 2.16. The molecule has 2 nitrogen and oxygen atoms in total. The van der Waals surface area contributed by atoms with Gasteiger partial charge in [0.1, 0.15) is 0 Å². The molecular weight excluding hydrogens is 272 g/mol. The molecule has 4 heteroatoms. The van der Waals surface area contributed by atoms with Crippen LogP contribution in [0.25, 0.3) is 0 Å². The second-order valence-electron chi connectivity index (χ2n) is 3.81. The molecule has 2 rings (SSSR count). The van der Waals surface area contributed by atoms with Crippen LogP contribution in [0.15, 0.2) is 26.9 Å². The molecule has 1 heterocycles. The van der Waals surface area contributed by atoms with E-state index in [9.17, 15) is 0 Å². The van der Waals surface area contributed by atoms with Gasteiger partial charge in [0.25, 0.3) is 0 Å². The molecule has 0 radical (unpaired) electrons. The maximum Gasteiger partial charge on any atom is 0.0701 e. The van der Waals surface area contributed by atoms with Crippen LogP contribution in [0.2, 0.25) is 0 Å². The molecule has 1 atom stereocenters. The molecule has 0 saturated carbocycles. The molecule has 0 bridgehead atoms. The van der Waals surface area contributed by atoms with Crippen molar-refractivity contribution in [2.45, 2.75) is 31.7 Å². The lowest BCUT2D eigenvalue weighted by Gasteiger charge is -2.21. The molecule has 82 valence electrons. The second-order valence-corrected chi connectivity index (χ2v) is 6.10. The maximum atomic E-state index is 5.64. The third-order valence-electron chi connectivity index (χ3n) is 2.78. The summed E-state index contributed by atoms with van der Waals surface area (Å²) in [6.45, 7) is 0. The van der Waals surface area contributed by atoms with E-state index in [-0.39, 0.29) is 6.04 Å². The lowest BCUT2D eigenvalue weighted by atomic mass is 9.91. The number of nitrogens with one attached hydrogen (secondary N) is 1. The number of hydrazine groups is 1. The molecule has 0 aromatic carbocycles. The minimum atomic E-state index is 0.202. The Hall–Kier alpha value is -0.160. The number of hydrogen-bond donors (Lipinski definition) is 2. The van der Waals surface area contributed by atoms with Crippen molar-refractivity contribution in [1.29, 1.82) is 0 Å². The number of allylic oxidation sites excluding steroid dienone is 1. The zero-order valence-electron chi connectivity index (χ0n) is 8.50. The van der Waals surface area contributed by atoms with Gasteiger partial charge in [0.15, 0.2) is 0 Å². The molecule has 3 N–H and O–H groups in total. The summed E-state index contributed by atoms with van der Waals surface area (Å²) in [5.41, 5.74) is 5.62. The highest BCUT2D eigenvalue weighted by atomic mass is 79.9. The SMILES string of the molecule is NNC(C1=CCCCC1)c1csc(Br)c1. The Morgan fingerprint density at radius 1 is 1.47 bits per heavy atom. The summed E-state index contributed by atoms with van der Waals surface area (Å²) in [5.74, 6) is 5.64. The summed E-state index contributed by atoms with van der Waals surface area (Å²) in [6, 6.07) is 2.35. The summed E-state index contributed by atoms with van der Waals surface area (Å²) in [6.07, 6.45) is 7.30.